The average Bonchev–Trinajstić information content (AvgIpc) is 3.20. The van der Waals surface area contributed by atoms with Crippen molar-refractivity contribution in [2.75, 3.05) is 46.4 Å². The number of morpholine rings is 1. The van der Waals surface area contributed by atoms with E-state index in [1.54, 1.807) is 29.0 Å². The predicted octanol–water partition coefficient (Wildman–Crippen LogP) is 1.61. The molecule has 0 aliphatic carbocycles. The number of imidazole rings is 1. The zero-order valence-corrected chi connectivity index (χ0v) is 18.2. The quantitative estimate of drug-likeness (QED) is 0.577. The number of para-hydroxylation sites is 2. The summed E-state index contributed by atoms with van der Waals surface area (Å²) in [5.41, 5.74) is 2.70. The number of benzene rings is 1. The van der Waals surface area contributed by atoms with Gasteiger partial charge in [-0.05, 0) is 30.7 Å². The van der Waals surface area contributed by atoms with E-state index < -0.39 is 0 Å². The third kappa shape index (κ3) is 4.70. The van der Waals surface area contributed by atoms with Crippen molar-refractivity contribution < 1.29 is 9.53 Å². The number of aryl methyl sites for hydroxylation is 1. The van der Waals surface area contributed by atoms with Crippen LogP contribution in [0, 0.1) is 6.92 Å². The third-order valence-electron chi connectivity index (χ3n) is 5.90. The molecule has 1 aromatic carbocycles. The molecule has 0 saturated carbocycles. The number of carbonyl (C=O) groups is 1. The minimum absolute atomic E-state index is 0.224. The number of carbonyl (C=O) groups excluding carboxylic acids is 1. The number of nitrogens with zero attached hydrogens (tertiary/aromatic N) is 5. The Kier molecular flexibility index (Phi) is 6.48. The summed E-state index contributed by atoms with van der Waals surface area (Å²) in [5.74, 6) is -0.243. The molecule has 3 heterocycles. The first-order valence-electron chi connectivity index (χ1n) is 10.7. The second-order valence-electron chi connectivity index (χ2n) is 7.98. The number of fused-ring (bicyclic) bond motifs is 1. The zero-order chi connectivity index (χ0) is 21.8. The lowest BCUT2D eigenvalue weighted by atomic mass is 10.1. The van der Waals surface area contributed by atoms with Crippen molar-refractivity contribution in [2.24, 2.45) is 0 Å². The SMILES string of the molecule is Cc1ccn(CCN2CCOCC2)c(=O)c1C(=O)N(C)CCn1cnc2ccccc21. The lowest BCUT2D eigenvalue weighted by Crippen LogP contribution is -2.41. The van der Waals surface area contributed by atoms with E-state index >= 15 is 0 Å². The molecule has 8 nitrogen and oxygen atoms in total. The highest BCUT2D eigenvalue weighted by Gasteiger charge is 2.20. The van der Waals surface area contributed by atoms with Crippen molar-refractivity contribution >= 4 is 16.9 Å². The Hall–Kier alpha value is -2.97. The number of hydrogen-bond donors (Lipinski definition) is 0. The van der Waals surface area contributed by atoms with Gasteiger partial charge in [0.15, 0.2) is 0 Å². The summed E-state index contributed by atoms with van der Waals surface area (Å²) in [7, 11) is 1.74. The summed E-state index contributed by atoms with van der Waals surface area (Å²) in [4.78, 5) is 34.5. The van der Waals surface area contributed by atoms with Crippen LogP contribution in [0.4, 0.5) is 0 Å². The number of aromatic nitrogens is 3. The number of hydrogen-bond acceptors (Lipinski definition) is 5. The Labute approximate surface area is 181 Å². The van der Waals surface area contributed by atoms with Gasteiger partial charge < -0.3 is 18.8 Å². The first-order valence-corrected chi connectivity index (χ1v) is 10.7. The van der Waals surface area contributed by atoms with Crippen LogP contribution >= 0.6 is 0 Å². The number of rotatable bonds is 7. The number of ether oxygens (including phenoxy) is 1. The second-order valence-corrected chi connectivity index (χ2v) is 7.98. The van der Waals surface area contributed by atoms with Gasteiger partial charge in [0.25, 0.3) is 11.5 Å². The molecule has 0 atom stereocenters. The van der Waals surface area contributed by atoms with Gasteiger partial charge >= 0.3 is 0 Å². The monoisotopic (exact) mass is 423 g/mol. The summed E-state index contributed by atoms with van der Waals surface area (Å²) in [6, 6.07) is 9.76. The first-order chi connectivity index (χ1) is 15.0. The van der Waals surface area contributed by atoms with Crippen molar-refractivity contribution in [3.05, 3.63) is 64.3 Å². The average molecular weight is 424 g/mol. The molecule has 0 spiro atoms. The van der Waals surface area contributed by atoms with Crippen LogP contribution in [-0.4, -0.2) is 76.3 Å². The summed E-state index contributed by atoms with van der Waals surface area (Å²) < 4.78 is 9.05. The maximum atomic E-state index is 13.1. The molecule has 0 unspecified atom stereocenters. The summed E-state index contributed by atoms with van der Waals surface area (Å²) >= 11 is 0. The summed E-state index contributed by atoms with van der Waals surface area (Å²) in [6.07, 6.45) is 3.57. The molecule has 0 N–H and O–H groups in total. The van der Waals surface area contributed by atoms with Crippen LogP contribution in [0.1, 0.15) is 15.9 Å². The fraction of sp³-hybridized carbons (Fsp3) is 0.435. The van der Waals surface area contributed by atoms with Crippen LogP contribution in [0.15, 0.2) is 47.7 Å². The molecule has 1 saturated heterocycles. The Bertz CT molecular complexity index is 1110. The van der Waals surface area contributed by atoms with Gasteiger partial charge in [-0.15, -0.1) is 0 Å². The topological polar surface area (TPSA) is 72.6 Å². The van der Waals surface area contributed by atoms with Gasteiger partial charge in [-0.2, -0.15) is 0 Å². The van der Waals surface area contributed by atoms with Crippen molar-refractivity contribution in [1.29, 1.82) is 0 Å². The number of likely N-dealkylation sites (N-methyl/N-ethyl adjacent to an activating group) is 1. The fourth-order valence-electron chi connectivity index (χ4n) is 3.91. The third-order valence-corrected chi connectivity index (χ3v) is 5.90. The van der Waals surface area contributed by atoms with Crippen LogP contribution in [0.3, 0.4) is 0 Å². The van der Waals surface area contributed by atoms with Crippen LogP contribution < -0.4 is 5.56 Å². The van der Waals surface area contributed by atoms with E-state index in [4.69, 9.17) is 4.74 Å². The maximum absolute atomic E-state index is 13.1. The van der Waals surface area contributed by atoms with E-state index in [0.29, 0.717) is 25.2 Å². The Morgan fingerprint density at radius 1 is 1.10 bits per heavy atom. The number of amides is 1. The van der Waals surface area contributed by atoms with E-state index in [9.17, 15) is 9.59 Å². The molecule has 3 aromatic rings. The molecule has 1 fully saturated rings. The van der Waals surface area contributed by atoms with Crippen molar-refractivity contribution in [3.8, 4) is 0 Å². The molecule has 1 amide bonds. The van der Waals surface area contributed by atoms with E-state index in [0.717, 1.165) is 43.9 Å². The molecule has 1 aliphatic rings. The highest BCUT2D eigenvalue weighted by molar-refractivity contribution is 5.95. The van der Waals surface area contributed by atoms with Gasteiger partial charge in [0, 0.05) is 52.5 Å². The molecule has 8 heteroatoms. The Morgan fingerprint density at radius 2 is 1.87 bits per heavy atom. The van der Waals surface area contributed by atoms with E-state index in [1.807, 2.05) is 41.8 Å². The first kappa shape index (κ1) is 21.3. The Morgan fingerprint density at radius 3 is 2.68 bits per heavy atom. The van der Waals surface area contributed by atoms with Gasteiger partial charge in [-0.25, -0.2) is 4.98 Å². The standard InChI is InChI=1S/C23H29N5O3/c1-18-7-8-27(12-10-26-13-15-31-16-14-26)23(30)21(18)22(29)25(2)9-11-28-17-24-19-5-3-4-6-20(19)28/h3-8,17H,9-16H2,1-2H3. The van der Waals surface area contributed by atoms with Gasteiger partial charge in [0.1, 0.15) is 5.56 Å². The minimum atomic E-state index is -0.243. The Balaban J connectivity index is 1.44. The van der Waals surface area contributed by atoms with Crippen molar-refractivity contribution in [1.82, 2.24) is 23.9 Å². The second kappa shape index (κ2) is 9.45. The molecule has 31 heavy (non-hydrogen) atoms. The van der Waals surface area contributed by atoms with Crippen LogP contribution in [-0.2, 0) is 17.8 Å². The lowest BCUT2D eigenvalue weighted by molar-refractivity contribution is 0.0362. The molecule has 1 aliphatic heterocycles. The molecular weight excluding hydrogens is 394 g/mol. The van der Waals surface area contributed by atoms with Crippen molar-refractivity contribution in [2.45, 2.75) is 20.0 Å². The normalized spacial score (nSPS) is 14.8. The predicted molar refractivity (Wildman–Crippen MR) is 119 cm³/mol. The summed E-state index contributed by atoms with van der Waals surface area (Å²) in [6.45, 7) is 7.44. The lowest BCUT2D eigenvalue weighted by Gasteiger charge is -2.26. The van der Waals surface area contributed by atoms with E-state index in [-0.39, 0.29) is 17.0 Å². The molecule has 164 valence electrons. The zero-order valence-electron chi connectivity index (χ0n) is 18.2. The van der Waals surface area contributed by atoms with Gasteiger partial charge in [-0.3, -0.25) is 14.5 Å². The molecule has 0 radical (unpaired) electrons. The fourth-order valence-corrected chi connectivity index (χ4v) is 3.91. The van der Waals surface area contributed by atoms with Crippen LogP contribution in [0.5, 0.6) is 0 Å². The van der Waals surface area contributed by atoms with Gasteiger partial charge in [0.05, 0.1) is 30.6 Å². The van der Waals surface area contributed by atoms with Gasteiger partial charge in [-0.1, -0.05) is 12.1 Å². The van der Waals surface area contributed by atoms with Crippen LogP contribution in [0.25, 0.3) is 11.0 Å². The summed E-state index contributed by atoms with van der Waals surface area (Å²) in [5, 5.41) is 0. The molecule has 2 aromatic heterocycles. The van der Waals surface area contributed by atoms with Crippen LogP contribution in [0.2, 0.25) is 0 Å². The molecular formula is C23H29N5O3. The maximum Gasteiger partial charge on any atom is 0.263 e. The highest BCUT2D eigenvalue weighted by atomic mass is 16.5. The van der Waals surface area contributed by atoms with Gasteiger partial charge in [0.2, 0.25) is 0 Å². The highest BCUT2D eigenvalue weighted by Crippen LogP contribution is 2.12. The largest absolute Gasteiger partial charge is 0.379 e. The van der Waals surface area contributed by atoms with Crippen molar-refractivity contribution in [3.63, 3.8) is 0 Å². The smallest absolute Gasteiger partial charge is 0.263 e. The minimum Gasteiger partial charge on any atom is -0.379 e. The molecule has 0 bridgehead atoms. The number of pyridine rings is 1. The molecule has 4 rings (SSSR count). The van der Waals surface area contributed by atoms with E-state index in [2.05, 4.69) is 9.88 Å². The van der Waals surface area contributed by atoms with E-state index in [1.165, 1.54) is 0 Å².